The summed E-state index contributed by atoms with van der Waals surface area (Å²) in [5.74, 6) is -0.169. The van der Waals surface area contributed by atoms with E-state index in [2.05, 4.69) is 10.6 Å². The zero-order valence-electron chi connectivity index (χ0n) is 11.6. The molecule has 1 atom stereocenters. The van der Waals surface area contributed by atoms with E-state index in [1.54, 1.807) is 0 Å². The first-order valence-corrected chi connectivity index (χ1v) is 6.89. The maximum Gasteiger partial charge on any atom is 0.236 e. The Balaban J connectivity index is 3.46. The molecule has 0 aromatic carbocycles. The minimum atomic E-state index is -0.488. The molecular weight excluding hydrogens is 244 g/mol. The fraction of sp³-hybridized carbons (Fsp3) is 0.833. The lowest BCUT2D eigenvalue weighted by Crippen LogP contribution is -2.41. The summed E-state index contributed by atoms with van der Waals surface area (Å²) in [7, 11) is 0. The number of carbonyl (C=O) groups excluding carboxylic acids is 1. The lowest BCUT2D eigenvalue weighted by Gasteiger charge is -2.12. The Morgan fingerprint density at radius 1 is 1.05 bits per heavy atom. The molecule has 0 aromatic heterocycles. The highest BCUT2D eigenvalue weighted by Crippen LogP contribution is 1.98. The van der Waals surface area contributed by atoms with Crippen molar-refractivity contribution in [2.45, 2.75) is 44.6 Å². The maximum absolute atomic E-state index is 11.6. The first-order valence-electron chi connectivity index (χ1n) is 6.89. The summed E-state index contributed by atoms with van der Waals surface area (Å²) in [4.78, 5) is 11.6. The van der Waals surface area contributed by atoms with Crippen molar-refractivity contribution in [2.75, 3.05) is 19.6 Å². The minimum absolute atomic E-state index is 0.0597. The summed E-state index contributed by atoms with van der Waals surface area (Å²) >= 11 is 0. The third-order valence-electron chi connectivity index (χ3n) is 2.77. The molecule has 0 saturated heterocycles. The van der Waals surface area contributed by atoms with Crippen LogP contribution in [0.5, 0.6) is 0 Å². The van der Waals surface area contributed by atoms with E-state index < -0.39 is 6.04 Å². The molecule has 0 spiro atoms. The van der Waals surface area contributed by atoms with Gasteiger partial charge >= 0.3 is 0 Å². The zero-order chi connectivity index (χ0) is 14.5. The van der Waals surface area contributed by atoms with Crippen LogP contribution in [0.25, 0.3) is 0 Å². The van der Waals surface area contributed by atoms with Gasteiger partial charge in [-0.3, -0.25) is 10.2 Å². The highest BCUT2D eigenvalue weighted by molar-refractivity contribution is 5.81. The SMILES string of the molecule is N=C(N)NCCCC(N)C(=O)NCCCCCCN. The molecule has 0 aliphatic carbocycles. The highest BCUT2D eigenvalue weighted by atomic mass is 16.2. The van der Waals surface area contributed by atoms with E-state index in [-0.39, 0.29) is 11.9 Å². The number of amides is 1. The van der Waals surface area contributed by atoms with E-state index in [1.807, 2.05) is 0 Å². The van der Waals surface area contributed by atoms with Crippen LogP contribution in [0.15, 0.2) is 0 Å². The van der Waals surface area contributed by atoms with Crippen molar-refractivity contribution in [2.24, 2.45) is 17.2 Å². The van der Waals surface area contributed by atoms with Gasteiger partial charge in [0.15, 0.2) is 5.96 Å². The van der Waals surface area contributed by atoms with Gasteiger partial charge < -0.3 is 27.8 Å². The quantitative estimate of drug-likeness (QED) is 0.166. The predicted molar refractivity (Wildman–Crippen MR) is 77.7 cm³/mol. The van der Waals surface area contributed by atoms with Crippen LogP contribution in [0, 0.1) is 5.41 Å². The monoisotopic (exact) mass is 272 g/mol. The van der Waals surface area contributed by atoms with Crippen LogP contribution >= 0.6 is 0 Å². The third kappa shape index (κ3) is 11.5. The Labute approximate surface area is 115 Å². The highest BCUT2D eigenvalue weighted by Gasteiger charge is 2.11. The fourth-order valence-electron chi connectivity index (χ4n) is 1.64. The van der Waals surface area contributed by atoms with Crippen molar-refractivity contribution in [3.63, 3.8) is 0 Å². The zero-order valence-corrected chi connectivity index (χ0v) is 11.6. The Morgan fingerprint density at radius 3 is 2.32 bits per heavy atom. The van der Waals surface area contributed by atoms with Gasteiger partial charge in [0, 0.05) is 13.1 Å². The second kappa shape index (κ2) is 11.7. The van der Waals surface area contributed by atoms with Gasteiger partial charge in [0.25, 0.3) is 0 Å². The van der Waals surface area contributed by atoms with E-state index >= 15 is 0 Å². The lowest BCUT2D eigenvalue weighted by molar-refractivity contribution is -0.122. The van der Waals surface area contributed by atoms with Crippen LogP contribution in [0.1, 0.15) is 38.5 Å². The molecule has 0 heterocycles. The number of nitrogens with one attached hydrogen (secondary N) is 3. The van der Waals surface area contributed by atoms with Crippen molar-refractivity contribution < 1.29 is 4.79 Å². The number of hydrogen-bond donors (Lipinski definition) is 6. The molecule has 1 unspecified atom stereocenters. The number of carbonyl (C=O) groups is 1. The number of rotatable bonds is 11. The van der Waals surface area contributed by atoms with Gasteiger partial charge in [0.1, 0.15) is 0 Å². The molecule has 0 aliphatic heterocycles. The molecule has 0 saturated carbocycles. The van der Waals surface area contributed by atoms with Crippen molar-refractivity contribution in [3.05, 3.63) is 0 Å². The number of unbranched alkanes of at least 4 members (excludes halogenated alkanes) is 3. The second-order valence-electron chi connectivity index (χ2n) is 4.58. The topological polar surface area (TPSA) is 143 Å². The van der Waals surface area contributed by atoms with Crippen LogP contribution in [0.2, 0.25) is 0 Å². The van der Waals surface area contributed by atoms with Crippen LogP contribution in [-0.4, -0.2) is 37.5 Å². The summed E-state index contributed by atoms with van der Waals surface area (Å²) in [6.07, 6.45) is 5.48. The Bertz CT molecular complexity index is 259. The van der Waals surface area contributed by atoms with Gasteiger partial charge in [0.05, 0.1) is 6.04 Å². The Hall–Kier alpha value is -1.34. The molecular formula is C12H28N6O. The van der Waals surface area contributed by atoms with Gasteiger partial charge in [0.2, 0.25) is 5.91 Å². The summed E-state index contributed by atoms with van der Waals surface area (Å²) < 4.78 is 0. The number of guanidine groups is 1. The van der Waals surface area contributed by atoms with Gasteiger partial charge in [-0.2, -0.15) is 0 Å². The third-order valence-corrected chi connectivity index (χ3v) is 2.77. The molecule has 0 radical (unpaired) electrons. The Kier molecular flexibility index (Phi) is 10.9. The Morgan fingerprint density at radius 2 is 1.68 bits per heavy atom. The summed E-state index contributed by atoms with van der Waals surface area (Å²) in [6, 6.07) is -0.488. The normalized spacial score (nSPS) is 11.9. The lowest BCUT2D eigenvalue weighted by atomic mass is 10.1. The van der Waals surface area contributed by atoms with Crippen LogP contribution in [0.3, 0.4) is 0 Å². The molecule has 19 heavy (non-hydrogen) atoms. The first-order chi connectivity index (χ1) is 9.07. The molecule has 0 aliphatic rings. The standard InChI is InChI=1S/C12H28N6O/c13-7-3-1-2-4-8-17-11(19)10(14)6-5-9-18-12(15)16/h10H,1-9,13-14H2,(H,17,19)(H4,15,16,18). The molecule has 0 rings (SSSR count). The van der Waals surface area contributed by atoms with Crippen molar-refractivity contribution in [3.8, 4) is 0 Å². The molecule has 0 fully saturated rings. The summed E-state index contributed by atoms with van der Waals surface area (Å²) in [6.45, 7) is 1.96. The van der Waals surface area contributed by atoms with Crippen molar-refractivity contribution in [1.82, 2.24) is 10.6 Å². The van der Waals surface area contributed by atoms with Gasteiger partial charge in [-0.1, -0.05) is 12.8 Å². The van der Waals surface area contributed by atoms with E-state index in [4.69, 9.17) is 22.6 Å². The molecule has 7 heteroatoms. The average Bonchev–Trinajstić information content (AvgIpc) is 2.38. The van der Waals surface area contributed by atoms with Gasteiger partial charge in [-0.05, 0) is 32.2 Å². The summed E-state index contributed by atoms with van der Waals surface area (Å²) in [5, 5.41) is 12.5. The molecule has 9 N–H and O–H groups in total. The van der Waals surface area contributed by atoms with Crippen molar-refractivity contribution in [1.29, 1.82) is 5.41 Å². The second-order valence-corrected chi connectivity index (χ2v) is 4.58. The molecule has 0 aromatic rings. The minimum Gasteiger partial charge on any atom is -0.370 e. The summed E-state index contributed by atoms with van der Waals surface area (Å²) in [5.41, 5.74) is 16.3. The number of hydrogen-bond acceptors (Lipinski definition) is 4. The molecule has 1 amide bonds. The van der Waals surface area contributed by atoms with Crippen molar-refractivity contribution >= 4 is 11.9 Å². The van der Waals surface area contributed by atoms with Crippen LogP contribution in [0.4, 0.5) is 0 Å². The molecule has 0 bridgehead atoms. The fourth-order valence-corrected chi connectivity index (χ4v) is 1.64. The van der Waals surface area contributed by atoms with E-state index in [0.29, 0.717) is 25.9 Å². The van der Waals surface area contributed by atoms with Gasteiger partial charge in [-0.25, -0.2) is 0 Å². The van der Waals surface area contributed by atoms with Crippen LogP contribution in [-0.2, 0) is 4.79 Å². The molecule has 112 valence electrons. The smallest absolute Gasteiger partial charge is 0.236 e. The predicted octanol–water partition coefficient (Wildman–Crippen LogP) is -0.788. The largest absolute Gasteiger partial charge is 0.370 e. The van der Waals surface area contributed by atoms with E-state index in [1.165, 1.54) is 0 Å². The average molecular weight is 272 g/mol. The maximum atomic E-state index is 11.6. The first kappa shape index (κ1) is 17.7. The molecule has 7 nitrogen and oxygen atoms in total. The van der Waals surface area contributed by atoms with Crippen LogP contribution < -0.4 is 27.8 Å². The number of nitrogens with two attached hydrogens (primary N) is 3. The van der Waals surface area contributed by atoms with Gasteiger partial charge in [-0.15, -0.1) is 0 Å². The van der Waals surface area contributed by atoms with E-state index in [9.17, 15) is 4.79 Å². The van der Waals surface area contributed by atoms with E-state index in [0.717, 1.165) is 32.2 Å².